The molecule has 4 heteroatoms. The van der Waals surface area contributed by atoms with Gasteiger partial charge in [0.2, 0.25) is 0 Å². The molecule has 0 aromatic carbocycles. The highest BCUT2D eigenvalue weighted by atomic mass is 16.4. The van der Waals surface area contributed by atoms with E-state index in [1.165, 1.54) is 32.1 Å². The number of anilines is 1. The van der Waals surface area contributed by atoms with Crippen LogP contribution in [0.1, 0.15) is 55.9 Å². The Labute approximate surface area is 114 Å². The van der Waals surface area contributed by atoms with Gasteiger partial charge in [-0.3, -0.25) is 0 Å². The molecule has 1 fully saturated rings. The molecule has 1 aromatic heterocycles. The third kappa shape index (κ3) is 3.69. The van der Waals surface area contributed by atoms with Gasteiger partial charge in [-0.05, 0) is 37.3 Å². The molecule has 1 unspecified atom stereocenters. The Morgan fingerprint density at radius 3 is 2.84 bits per heavy atom. The molecule has 0 bridgehead atoms. The first kappa shape index (κ1) is 13.8. The molecule has 4 nitrogen and oxygen atoms in total. The number of carboxylic acid groups (broad SMARTS) is 1. The molecular formula is C15H22N2O2. The quantitative estimate of drug-likeness (QED) is 0.851. The van der Waals surface area contributed by atoms with Crippen molar-refractivity contribution in [3.05, 3.63) is 24.0 Å². The van der Waals surface area contributed by atoms with E-state index in [4.69, 9.17) is 5.11 Å². The summed E-state index contributed by atoms with van der Waals surface area (Å²) in [5, 5.41) is 12.4. The summed E-state index contributed by atoms with van der Waals surface area (Å²) in [4.78, 5) is 14.8. The van der Waals surface area contributed by atoms with E-state index in [1.54, 1.807) is 12.3 Å². The molecule has 0 amide bonds. The van der Waals surface area contributed by atoms with Gasteiger partial charge in [0.25, 0.3) is 0 Å². The minimum atomic E-state index is -0.977. The van der Waals surface area contributed by atoms with Crippen LogP contribution in [0.2, 0.25) is 0 Å². The number of aromatic carboxylic acids is 1. The maximum Gasteiger partial charge on any atom is 0.354 e. The predicted octanol–water partition coefficient (Wildman–Crippen LogP) is 3.55. The second-order valence-electron chi connectivity index (χ2n) is 5.29. The Morgan fingerprint density at radius 1 is 1.47 bits per heavy atom. The third-order valence-corrected chi connectivity index (χ3v) is 3.99. The summed E-state index contributed by atoms with van der Waals surface area (Å²) in [6, 6.07) is 3.90. The zero-order valence-corrected chi connectivity index (χ0v) is 11.4. The Morgan fingerprint density at radius 2 is 2.21 bits per heavy atom. The van der Waals surface area contributed by atoms with Gasteiger partial charge in [-0.1, -0.05) is 26.2 Å². The average Bonchev–Trinajstić information content (AvgIpc) is 2.46. The summed E-state index contributed by atoms with van der Waals surface area (Å²) < 4.78 is 0. The first-order valence-corrected chi connectivity index (χ1v) is 7.16. The monoisotopic (exact) mass is 262 g/mol. The number of pyridine rings is 1. The Hall–Kier alpha value is -1.58. The fourth-order valence-corrected chi connectivity index (χ4v) is 2.94. The minimum Gasteiger partial charge on any atom is -0.477 e. The van der Waals surface area contributed by atoms with Crippen LogP contribution in [0.15, 0.2) is 18.3 Å². The number of hydrogen-bond acceptors (Lipinski definition) is 3. The smallest absolute Gasteiger partial charge is 0.354 e. The second-order valence-corrected chi connectivity index (χ2v) is 5.29. The van der Waals surface area contributed by atoms with E-state index < -0.39 is 5.97 Å². The number of rotatable bonds is 5. The molecular weight excluding hydrogens is 240 g/mol. The zero-order valence-electron chi connectivity index (χ0n) is 11.4. The normalized spacial score (nSPS) is 17.9. The van der Waals surface area contributed by atoms with Crippen molar-refractivity contribution < 1.29 is 9.90 Å². The van der Waals surface area contributed by atoms with Crippen molar-refractivity contribution in [2.24, 2.45) is 5.92 Å². The maximum absolute atomic E-state index is 10.9. The highest BCUT2D eigenvalue weighted by Crippen LogP contribution is 2.29. The van der Waals surface area contributed by atoms with E-state index >= 15 is 0 Å². The third-order valence-electron chi connectivity index (χ3n) is 3.99. The first-order valence-electron chi connectivity index (χ1n) is 7.16. The van der Waals surface area contributed by atoms with Crippen LogP contribution in [0.4, 0.5) is 5.69 Å². The second kappa shape index (κ2) is 6.55. The molecule has 0 saturated heterocycles. The minimum absolute atomic E-state index is 0.100. The lowest BCUT2D eigenvalue weighted by molar-refractivity contribution is 0.0690. The lowest BCUT2D eigenvalue weighted by atomic mass is 9.83. The Bertz CT molecular complexity index is 428. The number of nitrogens with one attached hydrogen (secondary N) is 1. The van der Waals surface area contributed by atoms with Crippen molar-refractivity contribution in [1.29, 1.82) is 0 Å². The molecule has 1 atom stereocenters. The molecule has 0 aliphatic heterocycles. The van der Waals surface area contributed by atoms with Gasteiger partial charge in [-0.2, -0.15) is 0 Å². The van der Waals surface area contributed by atoms with Crippen LogP contribution in [-0.4, -0.2) is 22.1 Å². The lowest BCUT2D eigenvalue weighted by Crippen LogP contribution is -2.30. The molecule has 19 heavy (non-hydrogen) atoms. The molecule has 2 rings (SSSR count). The molecule has 1 aliphatic rings. The van der Waals surface area contributed by atoms with Crippen LogP contribution < -0.4 is 5.32 Å². The van der Waals surface area contributed by atoms with E-state index in [0.717, 1.165) is 12.1 Å². The van der Waals surface area contributed by atoms with E-state index in [0.29, 0.717) is 12.0 Å². The van der Waals surface area contributed by atoms with Crippen LogP contribution in [0.3, 0.4) is 0 Å². The molecule has 2 N–H and O–H groups in total. The molecule has 0 spiro atoms. The van der Waals surface area contributed by atoms with Crippen LogP contribution in [0, 0.1) is 5.92 Å². The van der Waals surface area contributed by atoms with Crippen LogP contribution in [-0.2, 0) is 0 Å². The average molecular weight is 262 g/mol. The van der Waals surface area contributed by atoms with Gasteiger partial charge in [0.05, 0.1) is 0 Å². The summed E-state index contributed by atoms with van der Waals surface area (Å²) in [7, 11) is 0. The van der Waals surface area contributed by atoms with Crippen molar-refractivity contribution >= 4 is 11.7 Å². The largest absolute Gasteiger partial charge is 0.477 e. The lowest BCUT2D eigenvalue weighted by Gasteiger charge is -2.31. The van der Waals surface area contributed by atoms with Gasteiger partial charge in [0.15, 0.2) is 0 Å². The standard InChI is InChI=1S/C15H22N2O2/c1-2-13(11-6-4-3-5-7-11)17-12-8-9-16-14(10-12)15(18)19/h8-11,13H,2-7H2,1H3,(H,16,17)(H,18,19). The molecule has 1 heterocycles. The van der Waals surface area contributed by atoms with Crippen molar-refractivity contribution in [2.75, 3.05) is 5.32 Å². The summed E-state index contributed by atoms with van der Waals surface area (Å²) >= 11 is 0. The number of carbonyl (C=O) groups is 1. The summed E-state index contributed by atoms with van der Waals surface area (Å²) in [5.74, 6) is -0.269. The van der Waals surface area contributed by atoms with Gasteiger partial charge in [-0.25, -0.2) is 9.78 Å². The predicted molar refractivity (Wildman–Crippen MR) is 75.5 cm³/mol. The molecule has 0 radical (unpaired) electrons. The molecule has 1 saturated carbocycles. The highest BCUT2D eigenvalue weighted by molar-refractivity contribution is 5.86. The van der Waals surface area contributed by atoms with Gasteiger partial charge in [0.1, 0.15) is 5.69 Å². The summed E-state index contributed by atoms with van der Waals surface area (Å²) in [6.45, 7) is 2.19. The highest BCUT2D eigenvalue weighted by Gasteiger charge is 2.22. The fraction of sp³-hybridized carbons (Fsp3) is 0.600. The van der Waals surface area contributed by atoms with E-state index in [-0.39, 0.29) is 5.69 Å². The van der Waals surface area contributed by atoms with E-state index in [9.17, 15) is 4.79 Å². The van der Waals surface area contributed by atoms with Gasteiger partial charge in [0, 0.05) is 17.9 Å². The van der Waals surface area contributed by atoms with Crippen molar-refractivity contribution in [1.82, 2.24) is 4.98 Å². The fourth-order valence-electron chi connectivity index (χ4n) is 2.94. The molecule has 104 valence electrons. The van der Waals surface area contributed by atoms with Crippen molar-refractivity contribution in [3.8, 4) is 0 Å². The number of hydrogen-bond donors (Lipinski definition) is 2. The molecule has 1 aromatic rings. The SMILES string of the molecule is CCC(Nc1ccnc(C(=O)O)c1)C1CCCCC1. The number of nitrogens with zero attached hydrogens (tertiary/aromatic N) is 1. The Kier molecular flexibility index (Phi) is 4.77. The number of carboxylic acids is 1. The Balaban J connectivity index is 2.04. The summed E-state index contributed by atoms with van der Waals surface area (Å²) in [5.41, 5.74) is 0.966. The van der Waals surface area contributed by atoms with Crippen LogP contribution in [0.25, 0.3) is 0 Å². The van der Waals surface area contributed by atoms with E-state index in [2.05, 4.69) is 17.2 Å². The van der Waals surface area contributed by atoms with Gasteiger partial charge < -0.3 is 10.4 Å². The van der Waals surface area contributed by atoms with Crippen LogP contribution in [0.5, 0.6) is 0 Å². The van der Waals surface area contributed by atoms with Crippen LogP contribution >= 0.6 is 0 Å². The maximum atomic E-state index is 10.9. The topological polar surface area (TPSA) is 62.2 Å². The first-order chi connectivity index (χ1) is 9.20. The van der Waals surface area contributed by atoms with Crippen molar-refractivity contribution in [2.45, 2.75) is 51.5 Å². The van der Waals surface area contributed by atoms with Crippen molar-refractivity contribution in [3.63, 3.8) is 0 Å². The zero-order chi connectivity index (χ0) is 13.7. The summed E-state index contributed by atoms with van der Waals surface area (Å²) in [6.07, 6.45) is 9.17. The van der Waals surface area contributed by atoms with Gasteiger partial charge in [-0.15, -0.1) is 0 Å². The van der Waals surface area contributed by atoms with E-state index in [1.807, 2.05) is 6.07 Å². The van der Waals surface area contributed by atoms with Gasteiger partial charge >= 0.3 is 5.97 Å². The number of aromatic nitrogens is 1. The molecule has 1 aliphatic carbocycles.